The van der Waals surface area contributed by atoms with Gasteiger partial charge in [-0.05, 0) is 18.2 Å². The Bertz CT molecular complexity index is 458. The molecule has 0 amide bonds. The number of halogens is 1. The summed E-state index contributed by atoms with van der Waals surface area (Å²) in [5, 5.41) is 27.5. The summed E-state index contributed by atoms with van der Waals surface area (Å²) >= 11 is 5.87. The monoisotopic (exact) mass is 263 g/mol. The van der Waals surface area contributed by atoms with Crippen LogP contribution < -0.4 is 0 Å². The van der Waals surface area contributed by atoms with Crippen molar-refractivity contribution >= 4 is 11.6 Å². The van der Waals surface area contributed by atoms with Crippen LogP contribution in [0.4, 0.5) is 0 Å². The van der Waals surface area contributed by atoms with Crippen LogP contribution in [0.25, 0.3) is 0 Å². The molecule has 0 atom stereocenters. The van der Waals surface area contributed by atoms with E-state index in [4.69, 9.17) is 22.1 Å². The second-order valence-corrected chi connectivity index (χ2v) is 4.30. The first-order valence-corrected chi connectivity index (χ1v) is 5.99. The van der Waals surface area contributed by atoms with Gasteiger partial charge in [0, 0.05) is 43.1 Å². The van der Waals surface area contributed by atoms with E-state index in [0.29, 0.717) is 43.1 Å². The molecule has 0 saturated heterocycles. The Hall–Kier alpha value is -1.75. The molecular weight excluding hydrogens is 250 g/mol. The van der Waals surface area contributed by atoms with E-state index in [9.17, 15) is 5.11 Å². The van der Waals surface area contributed by atoms with Gasteiger partial charge >= 0.3 is 0 Å². The van der Waals surface area contributed by atoms with Crippen LogP contribution in [0.3, 0.4) is 0 Å². The number of rotatable bonds is 6. The third-order valence-corrected chi connectivity index (χ3v) is 2.75. The van der Waals surface area contributed by atoms with Crippen LogP contribution in [0, 0.1) is 22.7 Å². The number of aromatic hydroxyl groups is 1. The van der Waals surface area contributed by atoms with E-state index in [-0.39, 0.29) is 5.75 Å². The van der Waals surface area contributed by atoms with Gasteiger partial charge < -0.3 is 5.11 Å². The smallest absolute Gasteiger partial charge is 0.120 e. The van der Waals surface area contributed by atoms with E-state index >= 15 is 0 Å². The van der Waals surface area contributed by atoms with Crippen LogP contribution in [0.2, 0.25) is 5.02 Å². The second-order valence-electron chi connectivity index (χ2n) is 3.87. The van der Waals surface area contributed by atoms with Crippen molar-refractivity contribution < 1.29 is 5.11 Å². The molecule has 0 aliphatic rings. The molecule has 0 spiro atoms. The van der Waals surface area contributed by atoms with Crippen molar-refractivity contribution in [1.29, 1.82) is 10.5 Å². The molecule has 1 aromatic rings. The molecule has 0 heterocycles. The maximum Gasteiger partial charge on any atom is 0.120 e. The average Bonchev–Trinajstić information content (AvgIpc) is 2.37. The molecule has 18 heavy (non-hydrogen) atoms. The van der Waals surface area contributed by atoms with Gasteiger partial charge in [-0.1, -0.05) is 11.6 Å². The largest absolute Gasteiger partial charge is 0.508 e. The first-order chi connectivity index (χ1) is 8.67. The molecule has 0 radical (unpaired) electrons. The SMILES string of the molecule is N#CCCN(CCC#N)Cc1cc(Cl)ccc1O. The summed E-state index contributed by atoms with van der Waals surface area (Å²) in [7, 11) is 0. The molecule has 94 valence electrons. The lowest BCUT2D eigenvalue weighted by molar-refractivity contribution is 0.274. The Balaban J connectivity index is 2.72. The fourth-order valence-electron chi connectivity index (χ4n) is 1.61. The fraction of sp³-hybridized carbons (Fsp3) is 0.385. The fourth-order valence-corrected chi connectivity index (χ4v) is 1.80. The van der Waals surface area contributed by atoms with Gasteiger partial charge in [-0.25, -0.2) is 0 Å². The molecule has 4 nitrogen and oxygen atoms in total. The zero-order valence-corrected chi connectivity index (χ0v) is 10.7. The molecule has 1 N–H and O–H groups in total. The van der Waals surface area contributed by atoms with Crippen LogP contribution in [0.5, 0.6) is 5.75 Å². The predicted octanol–water partition coefficient (Wildman–Crippen LogP) is 2.67. The minimum atomic E-state index is 0.179. The van der Waals surface area contributed by atoms with Crippen molar-refractivity contribution in [2.45, 2.75) is 19.4 Å². The van der Waals surface area contributed by atoms with E-state index in [1.807, 2.05) is 4.90 Å². The van der Waals surface area contributed by atoms with E-state index in [1.54, 1.807) is 18.2 Å². The third-order valence-electron chi connectivity index (χ3n) is 2.52. The van der Waals surface area contributed by atoms with Crippen molar-refractivity contribution in [3.63, 3.8) is 0 Å². The van der Waals surface area contributed by atoms with E-state index in [1.165, 1.54) is 0 Å². The lowest BCUT2D eigenvalue weighted by Gasteiger charge is -2.20. The Morgan fingerprint density at radius 3 is 2.33 bits per heavy atom. The van der Waals surface area contributed by atoms with Crippen LogP contribution in [0.15, 0.2) is 18.2 Å². The number of phenols is 1. The molecule has 0 aliphatic heterocycles. The Morgan fingerprint density at radius 2 is 1.78 bits per heavy atom. The van der Waals surface area contributed by atoms with Gasteiger partial charge in [-0.15, -0.1) is 0 Å². The normalized spacial score (nSPS) is 10.0. The molecule has 1 rings (SSSR count). The van der Waals surface area contributed by atoms with Gasteiger partial charge in [0.1, 0.15) is 5.75 Å². The zero-order valence-electron chi connectivity index (χ0n) is 9.93. The minimum Gasteiger partial charge on any atom is -0.508 e. The maximum atomic E-state index is 9.72. The highest BCUT2D eigenvalue weighted by atomic mass is 35.5. The number of hydrogen-bond donors (Lipinski definition) is 1. The molecule has 5 heteroatoms. The molecule has 0 saturated carbocycles. The predicted molar refractivity (Wildman–Crippen MR) is 68.9 cm³/mol. The number of nitrogens with zero attached hydrogens (tertiary/aromatic N) is 3. The van der Waals surface area contributed by atoms with Crippen LogP contribution in [0.1, 0.15) is 18.4 Å². The summed E-state index contributed by atoms with van der Waals surface area (Å²) in [5.74, 6) is 0.179. The molecular formula is C13H14ClN3O. The number of benzene rings is 1. The van der Waals surface area contributed by atoms with Gasteiger partial charge in [0.15, 0.2) is 0 Å². The van der Waals surface area contributed by atoms with Crippen LogP contribution in [-0.4, -0.2) is 23.1 Å². The summed E-state index contributed by atoms with van der Waals surface area (Å²) < 4.78 is 0. The van der Waals surface area contributed by atoms with Crippen molar-refractivity contribution in [2.24, 2.45) is 0 Å². The van der Waals surface area contributed by atoms with Gasteiger partial charge in [0.2, 0.25) is 0 Å². The van der Waals surface area contributed by atoms with E-state index in [0.717, 1.165) is 0 Å². The molecule has 0 fully saturated rings. The van der Waals surface area contributed by atoms with E-state index < -0.39 is 0 Å². The Kier molecular flexibility index (Phi) is 6.00. The molecule has 0 aromatic heterocycles. The lowest BCUT2D eigenvalue weighted by Crippen LogP contribution is -2.25. The highest BCUT2D eigenvalue weighted by Gasteiger charge is 2.09. The van der Waals surface area contributed by atoms with Gasteiger partial charge in [0.25, 0.3) is 0 Å². The first-order valence-electron chi connectivity index (χ1n) is 5.61. The standard InChI is InChI=1S/C13H14ClN3O/c14-12-3-4-13(18)11(9-12)10-17(7-1-5-15)8-2-6-16/h3-4,9,18H,1-2,7-8,10H2. The van der Waals surface area contributed by atoms with Gasteiger partial charge in [0.05, 0.1) is 12.1 Å². The van der Waals surface area contributed by atoms with Crippen LogP contribution >= 0.6 is 11.6 Å². The first kappa shape index (κ1) is 14.3. The van der Waals surface area contributed by atoms with E-state index in [2.05, 4.69) is 12.1 Å². The molecule has 0 bridgehead atoms. The topological polar surface area (TPSA) is 71.0 Å². The minimum absolute atomic E-state index is 0.179. The highest BCUT2D eigenvalue weighted by molar-refractivity contribution is 6.30. The van der Waals surface area contributed by atoms with Gasteiger partial charge in [-0.2, -0.15) is 10.5 Å². The summed E-state index contributed by atoms with van der Waals surface area (Å²) in [4.78, 5) is 1.96. The second kappa shape index (κ2) is 7.55. The zero-order chi connectivity index (χ0) is 13.4. The third kappa shape index (κ3) is 4.63. The molecule has 0 unspecified atom stereocenters. The maximum absolute atomic E-state index is 9.72. The summed E-state index contributed by atoms with van der Waals surface area (Å²) in [6.45, 7) is 1.63. The van der Waals surface area contributed by atoms with Crippen molar-refractivity contribution in [3.05, 3.63) is 28.8 Å². The average molecular weight is 264 g/mol. The summed E-state index contributed by atoms with van der Waals surface area (Å²) in [6, 6.07) is 9.01. The quantitative estimate of drug-likeness (QED) is 0.857. The van der Waals surface area contributed by atoms with Gasteiger partial charge in [-0.3, -0.25) is 4.90 Å². The number of phenolic OH excluding ortho intramolecular Hbond substituents is 1. The lowest BCUT2D eigenvalue weighted by atomic mass is 10.2. The van der Waals surface area contributed by atoms with Crippen molar-refractivity contribution in [2.75, 3.05) is 13.1 Å². The Morgan fingerprint density at radius 1 is 1.17 bits per heavy atom. The van der Waals surface area contributed by atoms with Crippen LogP contribution in [-0.2, 0) is 6.54 Å². The highest BCUT2D eigenvalue weighted by Crippen LogP contribution is 2.23. The summed E-state index contributed by atoms with van der Waals surface area (Å²) in [5.41, 5.74) is 0.707. The van der Waals surface area contributed by atoms with Crippen molar-refractivity contribution in [3.8, 4) is 17.9 Å². The number of hydrogen-bond acceptors (Lipinski definition) is 4. The summed E-state index contributed by atoms with van der Waals surface area (Å²) in [6.07, 6.45) is 0.791. The molecule has 0 aliphatic carbocycles. The van der Waals surface area contributed by atoms with Crippen molar-refractivity contribution in [1.82, 2.24) is 4.90 Å². The number of nitriles is 2. The molecule has 1 aromatic carbocycles. The Labute approximate surface area is 112 Å².